The first-order valence-electron chi connectivity index (χ1n) is 6.99. The smallest absolute Gasteiger partial charge is 0.221 e. The number of methoxy groups -OCH3 is 1. The largest absolute Gasteiger partial charge is 0.380 e. The minimum Gasteiger partial charge on any atom is -0.380 e. The lowest BCUT2D eigenvalue weighted by atomic mass is 10.1. The lowest BCUT2D eigenvalue weighted by Gasteiger charge is -2.20. The highest BCUT2D eigenvalue weighted by molar-refractivity contribution is 5.76. The van der Waals surface area contributed by atoms with Crippen molar-refractivity contribution in [3.05, 3.63) is 35.4 Å². The van der Waals surface area contributed by atoms with E-state index in [1.807, 2.05) is 32.9 Å². The summed E-state index contributed by atoms with van der Waals surface area (Å²) in [5.74, 6) is 0.0816. The standard InChI is InChI=1S/C16H26N2O2/c1-16(2,3)18-15(19)8-9-17-11-13-6-5-7-14(10-13)12-20-4/h5-7,10,17H,8-9,11-12H2,1-4H3,(H,18,19). The molecule has 0 bridgehead atoms. The summed E-state index contributed by atoms with van der Waals surface area (Å²) < 4.78 is 5.11. The zero-order valence-corrected chi connectivity index (χ0v) is 13.0. The van der Waals surface area contributed by atoms with Gasteiger partial charge in [-0.05, 0) is 31.9 Å². The van der Waals surface area contributed by atoms with Crippen LogP contribution in [0.25, 0.3) is 0 Å². The molecular weight excluding hydrogens is 252 g/mol. The summed E-state index contributed by atoms with van der Waals surface area (Å²) in [6.45, 7) is 8.03. The Kier molecular flexibility index (Phi) is 6.68. The van der Waals surface area contributed by atoms with Crippen LogP contribution in [-0.4, -0.2) is 25.1 Å². The molecule has 0 aliphatic carbocycles. The van der Waals surface area contributed by atoms with Gasteiger partial charge in [-0.25, -0.2) is 0 Å². The molecule has 0 heterocycles. The van der Waals surface area contributed by atoms with Gasteiger partial charge in [-0.1, -0.05) is 24.3 Å². The highest BCUT2D eigenvalue weighted by Gasteiger charge is 2.12. The van der Waals surface area contributed by atoms with Crippen molar-refractivity contribution in [1.82, 2.24) is 10.6 Å². The summed E-state index contributed by atoms with van der Waals surface area (Å²) in [6.07, 6.45) is 0.495. The van der Waals surface area contributed by atoms with Crippen LogP contribution >= 0.6 is 0 Å². The number of nitrogens with one attached hydrogen (secondary N) is 2. The molecule has 0 radical (unpaired) electrons. The molecule has 0 spiro atoms. The average molecular weight is 278 g/mol. The molecule has 2 N–H and O–H groups in total. The van der Waals surface area contributed by atoms with E-state index < -0.39 is 0 Å². The molecule has 0 fully saturated rings. The molecule has 0 atom stereocenters. The van der Waals surface area contributed by atoms with Gasteiger partial charge in [0.1, 0.15) is 0 Å². The lowest BCUT2D eigenvalue weighted by molar-refractivity contribution is -0.122. The Bertz CT molecular complexity index is 425. The van der Waals surface area contributed by atoms with Crippen LogP contribution in [0.2, 0.25) is 0 Å². The minimum atomic E-state index is -0.161. The quantitative estimate of drug-likeness (QED) is 0.752. The molecule has 1 rings (SSSR count). The first kappa shape index (κ1) is 16.7. The minimum absolute atomic E-state index is 0.0816. The zero-order chi connectivity index (χ0) is 15.0. The molecule has 0 aromatic heterocycles. The number of amides is 1. The van der Waals surface area contributed by atoms with Crippen LogP contribution in [0, 0.1) is 0 Å². The van der Waals surface area contributed by atoms with Crippen molar-refractivity contribution in [2.45, 2.75) is 45.9 Å². The highest BCUT2D eigenvalue weighted by atomic mass is 16.5. The Morgan fingerprint density at radius 1 is 1.25 bits per heavy atom. The molecule has 0 aliphatic heterocycles. The van der Waals surface area contributed by atoms with E-state index >= 15 is 0 Å². The Hall–Kier alpha value is -1.39. The summed E-state index contributed by atoms with van der Waals surface area (Å²) in [6, 6.07) is 8.26. The van der Waals surface area contributed by atoms with Gasteiger partial charge >= 0.3 is 0 Å². The number of rotatable bonds is 7. The average Bonchev–Trinajstić information content (AvgIpc) is 2.33. The Balaban J connectivity index is 2.27. The van der Waals surface area contributed by atoms with Crippen molar-refractivity contribution >= 4 is 5.91 Å². The molecule has 112 valence electrons. The van der Waals surface area contributed by atoms with E-state index in [1.54, 1.807) is 7.11 Å². The van der Waals surface area contributed by atoms with Crippen LogP contribution in [0.5, 0.6) is 0 Å². The van der Waals surface area contributed by atoms with Crippen molar-refractivity contribution < 1.29 is 9.53 Å². The van der Waals surface area contributed by atoms with Gasteiger partial charge in [0.2, 0.25) is 5.91 Å². The Labute approximate surface area is 121 Å². The van der Waals surface area contributed by atoms with Crippen molar-refractivity contribution in [1.29, 1.82) is 0 Å². The number of hydrogen-bond donors (Lipinski definition) is 2. The van der Waals surface area contributed by atoms with Gasteiger partial charge in [-0.3, -0.25) is 4.79 Å². The van der Waals surface area contributed by atoms with E-state index in [-0.39, 0.29) is 11.4 Å². The third-order valence-electron chi connectivity index (χ3n) is 2.67. The van der Waals surface area contributed by atoms with E-state index in [0.29, 0.717) is 19.6 Å². The molecule has 4 nitrogen and oxygen atoms in total. The van der Waals surface area contributed by atoms with E-state index in [0.717, 1.165) is 12.1 Å². The van der Waals surface area contributed by atoms with E-state index in [1.165, 1.54) is 5.56 Å². The monoisotopic (exact) mass is 278 g/mol. The van der Waals surface area contributed by atoms with Gasteiger partial charge in [-0.2, -0.15) is 0 Å². The van der Waals surface area contributed by atoms with Crippen LogP contribution in [0.1, 0.15) is 38.3 Å². The van der Waals surface area contributed by atoms with Crippen LogP contribution in [0.3, 0.4) is 0 Å². The second-order valence-corrected chi connectivity index (χ2v) is 5.98. The van der Waals surface area contributed by atoms with Gasteiger partial charge in [0, 0.05) is 32.2 Å². The molecule has 0 saturated carbocycles. The third kappa shape index (κ3) is 7.26. The summed E-state index contributed by atoms with van der Waals surface area (Å²) in [7, 11) is 1.69. The number of carbonyl (C=O) groups excluding carboxylic acids is 1. The Morgan fingerprint density at radius 2 is 1.95 bits per heavy atom. The molecule has 4 heteroatoms. The molecule has 0 saturated heterocycles. The van der Waals surface area contributed by atoms with Gasteiger partial charge < -0.3 is 15.4 Å². The van der Waals surface area contributed by atoms with Crippen LogP contribution in [0.4, 0.5) is 0 Å². The number of hydrogen-bond acceptors (Lipinski definition) is 3. The van der Waals surface area contributed by atoms with Crippen molar-refractivity contribution in [3.8, 4) is 0 Å². The molecule has 0 unspecified atom stereocenters. The molecule has 1 amide bonds. The first-order chi connectivity index (χ1) is 9.40. The second kappa shape index (κ2) is 8.02. The lowest BCUT2D eigenvalue weighted by Crippen LogP contribution is -2.41. The fourth-order valence-corrected chi connectivity index (χ4v) is 1.91. The Morgan fingerprint density at radius 3 is 2.60 bits per heavy atom. The van der Waals surface area contributed by atoms with E-state index in [9.17, 15) is 4.79 Å². The van der Waals surface area contributed by atoms with Gasteiger partial charge in [0.15, 0.2) is 0 Å². The zero-order valence-electron chi connectivity index (χ0n) is 13.0. The van der Waals surface area contributed by atoms with Gasteiger partial charge in [-0.15, -0.1) is 0 Å². The second-order valence-electron chi connectivity index (χ2n) is 5.98. The topological polar surface area (TPSA) is 50.4 Å². The fraction of sp³-hybridized carbons (Fsp3) is 0.562. The van der Waals surface area contributed by atoms with E-state index in [2.05, 4.69) is 22.8 Å². The summed E-state index contributed by atoms with van der Waals surface area (Å²) in [5.41, 5.74) is 2.21. The van der Waals surface area contributed by atoms with E-state index in [4.69, 9.17) is 4.74 Å². The van der Waals surface area contributed by atoms with Crippen LogP contribution in [0.15, 0.2) is 24.3 Å². The van der Waals surface area contributed by atoms with Crippen LogP contribution < -0.4 is 10.6 Å². The number of benzene rings is 1. The maximum atomic E-state index is 11.6. The predicted molar refractivity (Wildman–Crippen MR) is 81.4 cm³/mol. The summed E-state index contributed by atoms with van der Waals surface area (Å²) >= 11 is 0. The van der Waals surface area contributed by atoms with Crippen molar-refractivity contribution in [2.24, 2.45) is 0 Å². The summed E-state index contributed by atoms with van der Waals surface area (Å²) in [4.78, 5) is 11.6. The third-order valence-corrected chi connectivity index (χ3v) is 2.67. The predicted octanol–water partition coefficient (Wildman–Crippen LogP) is 2.23. The molecule has 1 aromatic rings. The number of carbonyl (C=O) groups is 1. The SMILES string of the molecule is COCc1cccc(CNCCC(=O)NC(C)(C)C)c1. The highest BCUT2D eigenvalue weighted by Crippen LogP contribution is 2.06. The molecule has 1 aromatic carbocycles. The summed E-state index contributed by atoms with van der Waals surface area (Å²) in [5, 5.41) is 6.23. The van der Waals surface area contributed by atoms with Gasteiger partial charge in [0.05, 0.1) is 6.61 Å². The van der Waals surface area contributed by atoms with Crippen molar-refractivity contribution in [2.75, 3.05) is 13.7 Å². The fourth-order valence-electron chi connectivity index (χ4n) is 1.91. The van der Waals surface area contributed by atoms with Crippen molar-refractivity contribution in [3.63, 3.8) is 0 Å². The molecule has 0 aliphatic rings. The first-order valence-corrected chi connectivity index (χ1v) is 6.99. The number of ether oxygens (including phenoxy) is 1. The maximum Gasteiger partial charge on any atom is 0.221 e. The molecular formula is C16H26N2O2. The van der Waals surface area contributed by atoms with Crippen LogP contribution in [-0.2, 0) is 22.7 Å². The molecule has 20 heavy (non-hydrogen) atoms. The maximum absolute atomic E-state index is 11.6. The van der Waals surface area contributed by atoms with Gasteiger partial charge in [0.25, 0.3) is 0 Å². The normalized spacial score (nSPS) is 11.4.